The Kier molecular flexibility index (Phi) is 4.14. The van der Waals surface area contributed by atoms with Crippen LogP contribution in [0.4, 0.5) is 4.39 Å². The highest BCUT2D eigenvalue weighted by atomic mass is 19.1. The fourth-order valence-electron chi connectivity index (χ4n) is 1.82. The Morgan fingerprint density at radius 3 is 2.35 bits per heavy atom. The largest absolute Gasteiger partial charge is 0.335 e. The summed E-state index contributed by atoms with van der Waals surface area (Å²) in [6.07, 6.45) is 1.48. The molecule has 0 saturated carbocycles. The number of hydrogen-bond donors (Lipinski definition) is 0. The highest BCUT2D eigenvalue weighted by molar-refractivity contribution is 5.31. The number of hydrogen-bond acceptors (Lipinski definition) is 3. The van der Waals surface area contributed by atoms with Gasteiger partial charge in [0, 0.05) is 25.4 Å². The van der Waals surface area contributed by atoms with E-state index in [1.165, 1.54) is 41.1 Å². The Hall–Kier alpha value is -2.21. The first-order chi connectivity index (χ1) is 9.49. The summed E-state index contributed by atoms with van der Waals surface area (Å²) in [7, 11) is 3.81. The van der Waals surface area contributed by atoms with E-state index in [0.29, 0.717) is 18.8 Å². The van der Waals surface area contributed by atoms with E-state index in [4.69, 9.17) is 0 Å². The first kappa shape index (κ1) is 14.2. The molecule has 0 fully saturated rings. The number of rotatable bonds is 4. The van der Waals surface area contributed by atoms with Gasteiger partial charge < -0.3 is 4.90 Å². The lowest BCUT2D eigenvalue weighted by Gasteiger charge is -2.13. The van der Waals surface area contributed by atoms with Crippen LogP contribution in [-0.4, -0.2) is 34.7 Å². The quantitative estimate of drug-likeness (QED) is 0.826. The lowest BCUT2D eigenvalue weighted by Crippen LogP contribution is -2.39. The Bertz CT molecular complexity index is 702. The van der Waals surface area contributed by atoms with Crippen molar-refractivity contribution in [1.29, 1.82) is 0 Å². The van der Waals surface area contributed by atoms with E-state index in [-0.39, 0.29) is 0 Å². The molecule has 20 heavy (non-hydrogen) atoms. The van der Waals surface area contributed by atoms with Crippen LogP contribution >= 0.6 is 0 Å². The van der Waals surface area contributed by atoms with Crippen molar-refractivity contribution < 1.29 is 4.39 Å². The number of benzene rings is 1. The topological polar surface area (TPSA) is 47.2 Å². The van der Waals surface area contributed by atoms with E-state index in [2.05, 4.69) is 0 Å². The van der Waals surface area contributed by atoms with Gasteiger partial charge in [-0.3, -0.25) is 9.36 Å². The smallest absolute Gasteiger partial charge is 0.308 e. The second-order valence-electron chi connectivity index (χ2n) is 4.75. The summed E-state index contributed by atoms with van der Waals surface area (Å²) < 4.78 is 15.4. The van der Waals surface area contributed by atoms with Gasteiger partial charge in [0.25, 0.3) is 5.56 Å². The zero-order valence-corrected chi connectivity index (χ0v) is 11.4. The van der Waals surface area contributed by atoms with Gasteiger partial charge in [-0.1, -0.05) is 0 Å². The van der Waals surface area contributed by atoms with Gasteiger partial charge in [-0.05, 0) is 38.4 Å². The van der Waals surface area contributed by atoms with Gasteiger partial charge in [0.1, 0.15) is 5.82 Å². The Balaban J connectivity index is 2.47. The average Bonchev–Trinajstić information content (AvgIpc) is 2.40. The zero-order valence-electron chi connectivity index (χ0n) is 11.4. The molecule has 0 aliphatic rings. The second-order valence-corrected chi connectivity index (χ2v) is 4.75. The summed E-state index contributed by atoms with van der Waals surface area (Å²) in [4.78, 5) is 26.1. The van der Waals surface area contributed by atoms with E-state index in [9.17, 15) is 14.0 Å². The van der Waals surface area contributed by atoms with E-state index >= 15 is 0 Å². The number of halogens is 1. The predicted molar refractivity (Wildman–Crippen MR) is 74.8 cm³/mol. The molecule has 0 bridgehead atoms. The molecule has 0 N–H and O–H groups in total. The van der Waals surface area contributed by atoms with Crippen LogP contribution in [-0.2, 0) is 6.54 Å². The SMILES string of the molecule is CN(C)CCn1ccc(=O)n(-c2ccc(F)cc2)c1=O. The van der Waals surface area contributed by atoms with Crippen molar-refractivity contribution in [3.8, 4) is 5.69 Å². The van der Waals surface area contributed by atoms with Crippen molar-refractivity contribution in [1.82, 2.24) is 14.0 Å². The Morgan fingerprint density at radius 2 is 1.75 bits per heavy atom. The van der Waals surface area contributed by atoms with Crippen LogP contribution in [0.2, 0.25) is 0 Å². The maximum atomic E-state index is 12.9. The minimum Gasteiger partial charge on any atom is -0.308 e. The third-order valence-electron chi connectivity index (χ3n) is 2.93. The van der Waals surface area contributed by atoms with Crippen LogP contribution in [0, 0.1) is 5.82 Å². The molecule has 2 aromatic rings. The predicted octanol–water partition coefficient (Wildman–Crippen LogP) is 0.700. The van der Waals surface area contributed by atoms with E-state index in [1.807, 2.05) is 19.0 Å². The molecule has 0 amide bonds. The molecule has 1 aromatic carbocycles. The number of nitrogens with zero attached hydrogens (tertiary/aromatic N) is 3. The first-order valence-corrected chi connectivity index (χ1v) is 6.22. The highest BCUT2D eigenvalue weighted by Crippen LogP contribution is 2.04. The van der Waals surface area contributed by atoms with Crippen molar-refractivity contribution >= 4 is 0 Å². The molecular weight excluding hydrogens is 261 g/mol. The number of aromatic nitrogens is 2. The first-order valence-electron chi connectivity index (χ1n) is 6.22. The maximum Gasteiger partial charge on any atom is 0.335 e. The summed E-state index contributed by atoms with van der Waals surface area (Å²) in [6, 6.07) is 6.60. The molecule has 1 aromatic heterocycles. The van der Waals surface area contributed by atoms with Crippen molar-refractivity contribution in [3.05, 3.63) is 63.2 Å². The number of likely N-dealkylation sites (N-methyl/N-ethyl adjacent to an activating group) is 1. The summed E-state index contributed by atoms with van der Waals surface area (Å²) >= 11 is 0. The van der Waals surface area contributed by atoms with Gasteiger partial charge in [0.15, 0.2) is 0 Å². The van der Waals surface area contributed by atoms with E-state index in [0.717, 1.165) is 4.57 Å². The van der Waals surface area contributed by atoms with Crippen LogP contribution in [0.5, 0.6) is 0 Å². The van der Waals surface area contributed by atoms with Gasteiger partial charge in [0.05, 0.1) is 5.69 Å². The van der Waals surface area contributed by atoms with Gasteiger partial charge in [-0.25, -0.2) is 13.8 Å². The molecule has 1 heterocycles. The molecule has 0 radical (unpaired) electrons. The van der Waals surface area contributed by atoms with Crippen molar-refractivity contribution in [2.24, 2.45) is 0 Å². The molecule has 0 spiro atoms. The fourth-order valence-corrected chi connectivity index (χ4v) is 1.82. The van der Waals surface area contributed by atoms with Crippen molar-refractivity contribution in [3.63, 3.8) is 0 Å². The highest BCUT2D eigenvalue weighted by Gasteiger charge is 2.07. The van der Waals surface area contributed by atoms with Crippen LogP contribution in [0.15, 0.2) is 46.1 Å². The summed E-state index contributed by atoms with van der Waals surface area (Å²) in [6.45, 7) is 1.16. The van der Waals surface area contributed by atoms with Gasteiger partial charge >= 0.3 is 5.69 Å². The normalized spacial score (nSPS) is 11.0. The van der Waals surface area contributed by atoms with Gasteiger partial charge in [0.2, 0.25) is 0 Å². The van der Waals surface area contributed by atoms with E-state index in [1.54, 1.807) is 0 Å². The zero-order chi connectivity index (χ0) is 14.7. The molecule has 0 aliphatic carbocycles. The third kappa shape index (κ3) is 3.03. The average molecular weight is 277 g/mol. The van der Waals surface area contributed by atoms with E-state index < -0.39 is 17.1 Å². The van der Waals surface area contributed by atoms with Gasteiger partial charge in [-0.15, -0.1) is 0 Å². The van der Waals surface area contributed by atoms with Crippen LogP contribution in [0.1, 0.15) is 0 Å². The van der Waals surface area contributed by atoms with Crippen LogP contribution in [0.25, 0.3) is 5.69 Å². The molecule has 6 heteroatoms. The minimum absolute atomic E-state index is 0.362. The fraction of sp³-hybridized carbons (Fsp3) is 0.286. The molecular formula is C14H16FN3O2. The van der Waals surface area contributed by atoms with Crippen molar-refractivity contribution in [2.45, 2.75) is 6.54 Å². The monoisotopic (exact) mass is 277 g/mol. The molecule has 0 aliphatic heterocycles. The van der Waals surface area contributed by atoms with Crippen LogP contribution < -0.4 is 11.2 Å². The summed E-state index contributed by atoms with van der Waals surface area (Å²) in [5.41, 5.74) is -0.491. The van der Waals surface area contributed by atoms with Crippen molar-refractivity contribution in [2.75, 3.05) is 20.6 Å². The molecule has 106 valence electrons. The molecule has 0 atom stereocenters. The molecule has 0 unspecified atom stereocenters. The van der Waals surface area contributed by atoms with Crippen LogP contribution in [0.3, 0.4) is 0 Å². The lowest BCUT2D eigenvalue weighted by atomic mass is 10.3. The molecule has 0 saturated heterocycles. The standard InChI is InChI=1S/C14H16FN3O2/c1-16(2)9-10-17-8-7-13(19)18(14(17)20)12-5-3-11(15)4-6-12/h3-8H,9-10H2,1-2H3. The summed E-state index contributed by atoms with van der Waals surface area (Å²) in [5.74, 6) is -0.411. The Labute approximate surface area is 115 Å². The minimum atomic E-state index is -0.428. The van der Waals surface area contributed by atoms with Gasteiger partial charge in [-0.2, -0.15) is 0 Å². The lowest BCUT2D eigenvalue weighted by molar-refractivity contribution is 0.377. The maximum absolute atomic E-state index is 12.9. The molecule has 2 rings (SSSR count). The Morgan fingerprint density at radius 1 is 1.10 bits per heavy atom. The third-order valence-corrected chi connectivity index (χ3v) is 2.93. The molecule has 5 nitrogen and oxygen atoms in total. The second kappa shape index (κ2) is 5.83. The summed E-state index contributed by atoms with van der Waals surface area (Å²) in [5, 5.41) is 0.